The third kappa shape index (κ3) is 5.89. The molecule has 1 atom stereocenters. The van der Waals surface area contributed by atoms with Crippen molar-refractivity contribution in [1.82, 2.24) is 5.32 Å². The summed E-state index contributed by atoms with van der Waals surface area (Å²) in [5, 5.41) is 2.89. The van der Waals surface area contributed by atoms with Crippen molar-refractivity contribution in [2.75, 3.05) is 12.4 Å². The van der Waals surface area contributed by atoms with Gasteiger partial charge in [0.15, 0.2) is 0 Å². The molecular weight excluding hydrogens is 325 g/mol. The van der Waals surface area contributed by atoms with Crippen molar-refractivity contribution in [3.05, 3.63) is 65.5 Å². The minimum Gasteiger partial charge on any atom is -0.491 e. The van der Waals surface area contributed by atoms with Gasteiger partial charge in [0.1, 0.15) is 18.2 Å². The van der Waals surface area contributed by atoms with E-state index < -0.39 is 0 Å². The number of hydrogen-bond acceptors (Lipinski definition) is 3. The molecule has 0 aromatic heterocycles. The zero-order chi connectivity index (χ0) is 17.4. The van der Waals surface area contributed by atoms with Crippen LogP contribution >= 0.6 is 11.8 Å². The van der Waals surface area contributed by atoms with E-state index in [4.69, 9.17) is 4.74 Å². The number of ether oxygens (including phenoxy) is 1. The van der Waals surface area contributed by atoms with Crippen molar-refractivity contribution >= 4 is 17.7 Å². The summed E-state index contributed by atoms with van der Waals surface area (Å²) in [6.07, 6.45) is 0. The predicted molar refractivity (Wildman–Crippen MR) is 96.8 cm³/mol. The Hall–Kier alpha value is -2.01. The molecule has 0 aliphatic carbocycles. The number of halogens is 1. The SMILES string of the molecule is Cc1ccccc1OC[C@H](C)NC(=O)CSCc1ccccc1F. The quantitative estimate of drug-likeness (QED) is 0.786. The molecule has 128 valence electrons. The van der Waals surface area contributed by atoms with E-state index in [1.165, 1.54) is 17.8 Å². The first-order valence-corrected chi connectivity index (χ1v) is 9.00. The van der Waals surface area contributed by atoms with E-state index in [0.717, 1.165) is 11.3 Å². The second-order valence-corrected chi connectivity index (χ2v) is 6.61. The summed E-state index contributed by atoms with van der Waals surface area (Å²) in [5.41, 5.74) is 1.68. The van der Waals surface area contributed by atoms with Gasteiger partial charge in [-0.25, -0.2) is 4.39 Å². The Balaban J connectivity index is 1.68. The smallest absolute Gasteiger partial charge is 0.230 e. The highest BCUT2D eigenvalue weighted by atomic mass is 32.2. The Morgan fingerprint density at radius 2 is 1.92 bits per heavy atom. The van der Waals surface area contributed by atoms with E-state index in [9.17, 15) is 9.18 Å². The third-order valence-corrected chi connectivity index (χ3v) is 4.42. The van der Waals surface area contributed by atoms with Crippen LogP contribution in [0.2, 0.25) is 0 Å². The van der Waals surface area contributed by atoms with Crippen LogP contribution in [0.1, 0.15) is 18.1 Å². The van der Waals surface area contributed by atoms with Gasteiger partial charge in [0.25, 0.3) is 0 Å². The summed E-state index contributed by atoms with van der Waals surface area (Å²) in [6.45, 7) is 4.30. The fourth-order valence-corrected chi connectivity index (χ4v) is 2.99. The van der Waals surface area contributed by atoms with Crippen LogP contribution in [-0.4, -0.2) is 24.3 Å². The number of nitrogens with one attached hydrogen (secondary N) is 1. The predicted octanol–water partition coefficient (Wildman–Crippen LogP) is 3.95. The third-order valence-electron chi connectivity index (χ3n) is 3.44. The number of para-hydroxylation sites is 1. The van der Waals surface area contributed by atoms with Gasteiger partial charge in [-0.1, -0.05) is 36.4 Å². The molecule has 1 amide bonds. The Bertz CT molecular complexity index is 678. The van der Waals surface area contributed by atoms with Gasteiger partial charge in [0.2, 0.25) is 5.91 Å². The van der Waals surface area contributed by atoms with E-state index in [1.54, 1.807) is 18.2 Å². The van der Waals surface area contributed by atoms with Crippen molar-refractivity contribution in [1.29, 1.82) is 0 Å². The summed E-state index contributed by atoms with van der Waals surface area (Å²) in [5.74, 6) is 1.30. The van der Waals surface area contributed by atoms with Gasteiger partial charge in [-0.2, -0.15) is 0 Å². The lowest BCUT2D eigenvalue weighted by Gasteiger charge is -2.16. The fourth-order valence-electron chi connectivity index (χ4n) is 2.16. The van der Waals surface area contributed by atoms with Crippen LogP contribution in [0.3, 0.4) is 0 Å². The second kappa shape index (κ2) is 9.33. The zero-order valence-electron chi connectivity index (χ0n) is 13.9. The molecule has 0 aliphatic heterocycles. The topological polar surface area (TPSA) is 38.3 Å². The van der Waals surface area contributed by atoms with Gasteiger partial charge in [0.05, 0.1) is 11.8 Å². The van der Waals surface area contributed by atoms with Crippen molar-refractivity contribution in [3.8, 4) is 5.75 Å². The first-order chi connectivity index (χ1) is 11.6. The monoisotopic (exact) mass is 347 g/mol. The summed E-state index contributed by atoms with van der Waals surface area (Å²) in [4.78, 5) is 11.9. The summed E-state index contributed by atoms with van der Waals surface area (Å²) in [6, 6.07) is 14.3. The Morgan fingerprint density at radius 1 is 1.21 bits per heavy atom. The normalized spacial score (nSPS) is 11.8. The Kier molecular flexibility index (Phi) is 7.12. The molecule has 0 aliphatic rings. The number of benzene rings is 2. The van der Waals surface area contributed by atoms with Crippen LogP contribution in [0, 0.1) is 12.7 Å². The lowest BCUT2D eigenvalue weighted by Crippen LogP contribution is -2.37. The molecular formula is C19H22FNO2S. The first kappa shape index (κ1) is 18.3. The van der Waals surface area contributed by atoms with Gasteiger partial charge in [-0.3, -0.25) is 4.79 Å². The molecule has 0 fully saturated rings. The first-order valence-electron chi connectivity index (χ1n) is 7.85. The molecule has 5 heteroatoms. The van der Waals surface area contributed by atoms with E-state index in [-0.39, 0.29) is 17.8 Å². The van der Waals surface area contributed by atoms with Crippen molar-refractivity contribution in [2.24, 2.45) is 0 Å². The molecule has 0 heterocycles. The molecule has 0 bridgehead atoms. The molecule has 1 N–H and O–H groups in total. The summed E-state index contributed by atoms with van der Waals surface area (Å²) in [7, 11) is 0. The molecule has 3 nitrogen and oxygen atoms in total. The Morgan fingerprint density at radius 3 is 2.67 bits per heavy atom. The second-order valence-electron chi connectivity index (χ2n) is 5.63. The number of amides is 1. The van der Waals surface area contributed by atoms with E-state index in [0.29, 0.717) is 23.7 Å². The van der Waals surface area contributed by atoms with Crippen LogP contribution < -0.4 is 10.1 Å². The number of aryl methyl sites for hydroxylation is 1. The molecule has 0 radical (unpaired) electrons. The molecule has 2 aromatic carbocycles. The van der Waals surface area contributed by atoms with Crippen molar-refractivity contribution < 1.29 is 13.9 Å². The molecule has 0 unspecified atom stereocenters. The number of rotatable bonds is 8. The van der Waals surface area contributed by atoms with Crippen LogP contribution in [0.15, 0.2) is 48.5 Å². The average Bonchev–Trinajstić information content (AvgIpc) is 2.56. The molecule has 0 saturated carbocycles. The van der Waals surface area contributed by atoms with Gasteiger partial charge in [0, 0.05) is 5.75 Å². The van der Waals surface area contributed by atoms with Gasteiger partial charge in [-0.15, -0.1) is 11.8 Å². The van der Waals surface area contributed by atoms with E-state index >= 15 is 0 Å². The number of carbonyl (C=O) groups excluding carboxylic acids is 1. The highest BCUT2D eigenvalue weighted by Gasteiger charge is 2.10. The maximum absolute atomic E-state index is 13.5. The van der Waals surface area contributed by atoms with E-state index in [1.807, 2.05) is 38.1 Å². The van der Waals surface area contributed by atoms with Crippen LogP contribution in [0.5, 0.6) is 5.75 Å². The molecule has 0 saturated heterocycles. The van der Waals surface area contributed by atoms with Gasteiger partial charge < -0.3 is 10.1 Å². The lowest BCUT2D eigenvalue weighted by molar-refractivity contribution is -0.119. The number of carbonyl (C=O) groups is 1. The highest BCUT2D eigenvalue weighted by molar-refractivity contribution is 7.99. The van der Waals surface area contributed by atoms with Crippen molar-refractivity contribution in [2.45, 2.75) is 25.6 Å². The summed E-state index contributed by atoms with van der Waals surface area (Å²) < 4.78 is 19.2. The maximum Gasteiger partial charge on any atom is 0.230 e. The Labute approximate surface area is 146 Å². The zero-order valence-corrected chi connectivity index (χ0v) is 14.7. The number of thioether (sulfide) groups is 1. The summed E-state index contributed by atoms with van der Waals surface area (Å²) >= 11 is 1.39. The van der Waals surface area contributed by atoms with Crippen LogP contribution in [0.4, 0.5) is 4.39 Å². The minimum absolute atomic E-state index is 0.0720. The maximum atomic E-state index is 13.5. The van der Waals surface area contributed by atoms with Gasteiger partial charge >= 0.3 is 0 Å². The molecule has 0 spiro atoms. The standard InChI is InChI=1S/C19H22FNO2S/c1-14-7-3-6-10-18(14)23-11-15(2)21-19(22)13-24-12-16-8-4-5-9-17(16)20/h3-10,15H,11-13H2,1-2H3,(H,21,22)/t15-/m0/s1. The fraction of sp³-hybridized carbons (Fsp3) is 0.316. The average molecular weight is 347 g/mol. The van der Waals surface area contributed by atoms with E-state index in [2.05, 4.69) is 5.32 Å². The van der Waals surface area contributed by atoms with Gasteiger partial charge in [-0.05, 0) is 37.1 Å². The minimum atomic E-state index is -0.231. The molecule has 2 aromatic rings. The number of hydrogen-bond donors (Lipinski definition) is 1. The molecule has 24 heavy (non-hydrogen) atoms. The van der Waals surface area contributed by atoms with Crippen LogP contribution in [0.25, 0.3) is 0 Å². The highest BCUT2D eigenvalue weighted by Crippen LogP contribution is 2.17. The van der Waals surface area contributed by atoms with Crippen LogP contribution in [-0.2, 0) is 10.5 Å². The van der Waals surface area contributed by atoms with Crippen molar-refractivity contribution in [3.63, 3.8) is 0 Å². The molecule has 2 rings (SSSR count). The lowest BCUT2D eigenvalue weighted by atomic mass is 10.2. The largest absolute Gasteiger partial charge is 0.491 e.